The number of nitrogens with one attached hydrogen (secondary N) is 1. The van der Waals surface area contributed by atoms with E-state index in [1.54, 1.807) is 0 Å². The highest BCUT2D eigenvalue weighted by Crippen LogP contribution is 2.46. The van der Waals surface area contributed by atoms with Gasteiger partial charge >= 0.3 is 0 Å². The molecule has 6 heteroatoms. The minimum absolute atomic E-state index is 0. The van der Waals surface area contributed by atoms with Crippen LogP contribution in [0.5, 0.6) is 0 Å². The van der Waals surface area contributed by atoms with Crippen molar-refractivity contribution in [1.29, 1.82) is 0 Å². The fourth-order valence-electron chi connectivity index (χ4n) is 5.28. The van der Waals surface area contributed by atoms with Crippen LogP contribution in [-0.2, 0) is 9.59 Å². The number of hydrogen-bond acceptors (Lipinski definition) is 3. The number of carbonyl (C=O) groups excluding carboxylic acids is 2. The Morgan fingerprint density at radius 1 is 0.938 bits per heavy atom. The number of Topliss-reactive ketones (excluding diaryl/α,β-unsaturated/α-hetero) is 1. The molecule has 0 aromatic heterocycles. The molecule has 1 aliphatic heterocycles. The highest BCUT2D eigenvalue weighted by atomic mass is 35.5. The number of carbonyl (C=O) groups is 2. The van der Waals surface area contributed by atoms with Crippen molar-refractivity contribution in [2.45, 2.75) is 57.4 Å². The van der Waals surface area contributed by atoms with Gasteiger partial charge < -0.3 is 5.32 Å². The molecule has 1 N–H and O–H groups in total. The van der Waals surface area contributed by atoms with Crippen LogP contribution in [0.15, 0.2) is 59.8 Å². The molecule has 32 heavy (non-hydrogen) atoms. The van der Waals surface area contributed by atoms with E-state index in [1.807, 2.05) is 53.4 Å². The minimum atomic E-state index is -0.439. The highest BCUT2D eigenvalue weighted by Gasteiger charge is 2.41. The van der Waals surface area contributed by atoms with Crippen molar-refractivity contribution in [3.63, 3.8) is 0 Å². The van der Waals surface area contributed by atoms with Crippen molar-refractivity contribution in [3.05, 3.63) is 70.4 Å². The lowest BCUT2D eigenvalue weighted by Crippen LogP contribution is -2.42. The van der Waals surface area contributed by atoms with Crippen LogP contribution in [0, 0.1) is 5.92 Å². The van der Waals surface area contributed by atoms with Gasteiger partial charge in [-0.05, 0) is 55.5 Å². The molecule has 1 saturated carbocycles. The van der Waals surface area contributed by atoms with E-state index in [2.05, 4.69) is 5.32 Å². The number of hydrogen-bond donors (Lipinski definition) is 1. The summed E-state index contributed by atoms with van der Waals surface area (Å²) >= 11 is 6.18. The number of nitrogens with zero attached hydrogens (tertiary/aromatic N) is 1. The molecule has 1 fully saturated rings. The predicted molar refractivity (Wildman–Crippen MR) is 131 cm³/mol. The predicted octanol–water partition coefficient (Wildman–Crippen LogP) is 6.85. The van der Waals surface area contributed by atoms with Gasteiger partial charge in [0.2, 0.25) is 5.91 Å². The number of rotatable bonds is 2. The van der Waals surface area contributed by atoms with Gasteiger partial charge in [0.15, 0.2) is 5.78 Å². The van der Waals surface area contributed by atoms with E-state index in [-0.39, 0.29) is 30.0 Å². The van der Waals surface area contributed by atoms with Crippen LogP contribution >= 0.6 is 24.0 Å². The van der Waals surface area contributed by atoms with E-state index in [1.165, 1.54) is 6.42 Å². The second-order valence-corrected chi connectivity index (χ2v) is 9.24. The maximum absolute atomic E-state index is 14.0. The Labute approximate surface area is 200 Å². The van der Waals surface area contributed by atoms with Crippen LogP contribution in [0.3, 0.4) is 0 Å². The molecule has 168 valence electrons. The lowest BCUT2D eigenvalue weighted by atomic mass is 9.83. The SMILES string of the molecule is Cl.O=C1CCCC2=C1C(c1ccc(Cl)cc1)N(C(=O)C1CCCCC1)c1ccccc1N2. The standard InChI is InChI=1S/C26H27ClN2O2.ClH/c27-19-15-13-17(14-16-19)25-24-21(10-6-12-23(24)30)28-20-9-4-5-11-22(20)29(25)26(31)18-7-2-1-3-8-18;/h4-5,9,11,13-16,18,25,28H,1-3,6-8,10,12H2;1H. The Bertz CT molecular complexity index is 1040. The van der Waals surface area contributed by atoms with Gasteiger partial charge in [0.1, 0.15) is 0 Å². The van der Waals surface area contributed by atoms with Gasteiger partial charge in [0, 0.05) is 28.6 Å². The topological polar surface area (TPSA) is 49.4 Å². The summed E-state index contributed by atoms with van der Waals surface area (Å²) in [5.74, 6) is 0.251. The molecule has 4 nitrogen and oxygen atoms in total. The van der Waals surface area contributed by atoms with Crippen molar-refractivity contribution in [2.75, 3.05) is 10.2 Å². The third-order valence-electron chi connectivity index (χ3n) is 6.81. The smallest absolute Gasteiger partial charge is 0.231 e. The number of anilines is 2. The summed E-state index contributed by atoms with van der Waals surface area (Å²) in [5, 5.41) is 4.17. The van der Waals surface area contributed by atoms with Gasteiger partial charge in [-0.3, -0.25) is 14.5 Å². The first-order valence-corrected chi connectivity index (χ1v) is 11.7. The number of amides is 1. The molecule has 5 rings (SSSR count). The number of allylic oxidation sites excluding steroid dienone is 1. The number of para-hydroxylation sites is 2. The Balaban J connectivity index is 0.00000245. The first-order chi connectivity index (χ1) is 15.1. The maximum atomic E-state index is 14.0. The average Bonchev–Trinajstić information content (AvgIpc) is 2.95. The number of fused-ring (bicyclic) bond motifs is 1. The number of ketones is 1. The Hall–Kier alpha value is -2.30. The first-order valence-electron chi connectivity index (χ1n) is 11.3. The zero-order valence-corrected chi connectivity index (χ0v) is 19.6. The molecule has 0 spiro atoms. The van der Waals surface area contributed by atoms with Crippen LogP contribution in [0.2, 0.25) is 5.02 Å². The molecular weight excluding hydrogens is 443 g/mol. The molecule has 2 aromatic carbocycles. The van der Waals surface area contributed by atoms with Crippen LogP contribution < -0.4 is 10.2 Å². The van der Waals surface area contributed by atoms with Gasteiger partial charge in [-0.2, -0.15) is 0 Å². The summed E-state index contributed by atoms with van der Waals surface area (Å²) < 4.78 is 0. The summed E-state index contributed by atoms with van der Waals surface area (Å²) in [4.78, 5) is 29.2. The highest BCUT2D eigenvalue weighted by molar-refractivity contribution is 6.30. The van der Waals surface area contributed by atoms with Gasteiger partial charge in [0.25, 0.3) is 0 Å². The molecule has 0 saturated heterocycles. The van der Waals surface area contributed by atoms with Gasteiger partial charge in [-0.1, -0.05) is 55.1 Å². The quantitative estimate of drug-likeness (QED) is 0.521. The van der Waals surface area contributed by atoms with Crippen molar-refractivity contribution in [2.24, 2.45) is 5.92 Å². The second kappa shape index (κ2) is 9.68. The molecule has 1 atom stereocenters. The van der Waals surface area contributed by atoms with Crippen LogP contribution in [0.4, 0.5) is 11.4 Å². The molecule has 2 aromatic rings. The largest absolute Gasteiger partial charge is 0.357 e. The van der Waals surface area contributed by atoms with E-state index in [0.717, 1.165) is 66.7 Å². The van der Waals surface area contributed by atoms with Crippen LogP contribution in [0.1, 0.15) is 63.0 Å². The van der Waals surface area contributed by atoms with E-state index >= 15 is 0 Å². The summed E-state index contributed by atoms with van der Waals surface area (Å²) in [6.45, 7) is 0. The molecule has 0 radical (unpaired) electrons. The fourth-order valence-corrected chi connectivity index (χ4v) is 5.41. The van der Waals surface area contributed by atoms with Crippen molar-refractivity contribution in [1.82, 2.24) is 0 Å². The van der Waals surface area contributed by atoms with E-state index in [4.69, 9.17) is 11.6 Å². The molecule has 1 heterocycles. The number of benzene rings is 2. The second-order valence-electron chi connectivity index (χ2n) is 8.81. The van der Waals surface area contributed by atoms with Crippen molar-refractivity contribution in [3.8, 4) is 0 Å². The Morgan fingerprint density at radius 2 is 1.66 bits per heavy atom. The summed E-state index contributed by atoms with van der Waals surface area (Å²) in [5.41, 5.74) is 4.34. The van der Waals surface area contributed by atoms with Gasteiger partial charge in [0.05, 0.1) is 17.4 Å². The first kappa shape index (κ1) is 22.9. The normalized spacial score (nSPS) is 21.1. The summed E-state index contributed by atoms with van der Waals surface area (Å²) in [7, 11) is 0. The maximum Gasteiger partial charge on any atom is 0.231 e. The summed E-state index contributed by atoms with van der Waals surface area (Å²) in [6, 6.07) is 15.1. The molecule has 1 unspecified atom stereocenters. The average molecular weight is 471 g/mol. The fraction of sp³-hybridized carbons (Fsp3) is 0.385. The minimum Gasteiger partial charge on any atom is -0.357 e. The zero-order chi connectivity index (χ0) is 21.4. The summed E-state index contributed by atoms with van der Waals surface area (Å²) in [6.07, 6.45) is 7.35. The van der Waals surface area contributed by atoms with Crippen molar-refractivity contribution >= 4 is 47.1 Å². The molecular formula is C26H28Cl2N2O2. The van der Waals surface area contributed by atoms with E-state index in [9.17, 15) is 9.59 Å². The lowest BCUT2D eigenvalue weighted by Gasteiger charge is -2.37. The van der Waals surface area contributed by atoms with Crippen LogP contribution in [0.25, 0.3) is 0 Å². The molecule has 3 aliphatic rings. The molecule has 2 aliphatic carbocycles. The number of halogens is 2. The monoisotopic (exact) mass is 470 g/mol. The third-order valence-corrected chi connectivity index (χ3v) is 7.07. The zero-order valence-electron chi connectivity index (χ0n) is 18.0. The van der Waals surface area contributed by atoms with Gasteiger partial charge in [-0.25, -0.2) is 0 Å². The Kier molecular flexibility index (Phi) is 6.92. The van der Waals surface area contributed by atoms with Crippen molar-refractivity contribution < 1.29 is 9.59 Å². The lowest BCUT2D eigenvalue weighted by molar-refractivity contribution is -0.123. The van der Waals surface area contributed by atoms with Gasteiger partial charge in [-0.15, -0.1) is 12.4 Å². The Morgan fingerprint density at radius 3 is 2.41 bits per heavy atom. The van der Waals surface area contributed by atoms with E-state index in [0.29, 0.717) is 11.4 Å². The third kappa shape index (κ3) is 4.18. The van der Waals surface area contributed by atoms with E-state index < -0.39 is 6.04 Å². The molecule has 1 amide bonds. The van der Waals surface area contributed by atoms with Crippen LogP contribution in [-0.4, -0.2) is 11.7 Å². The molecule has 0 bridgehead atoms.